The summed E-state index contributed by atoms with van der Waals surface area (Å²) in [5, 5.41) is 15.0. The first-order valence-electron chi connectivity index (χ1n) is 10.3. The van der Waals surface area contributed by atoms with Crippen molar-refractivity contribution in [2.75, 3.05) is 18.5 Å². The Kier molecular flexibility index (Phi) is 6.89. The van der Waals surface area contributed by atoms with Crippen LogP contribution in [0.5, 0.6) is 0 Å². The summed E-state index contributed by atoms with van der Waals surface area (Å²) in [5.74, 6) is -1.07. The molecule has 0 fully saturated rings. The third-order valence-electron chi connectivity index (χ3n) is 5.56. The van der Waals surface area contributed by atoms with Crippen molar-refractivity contribution in [2.24, 2.45) is 0 Å². The van der Waals surface area contributed by atoms with Crippen molar-refractivity contribution in [3.05, 3.63) is 75.3 Å². The fraction of sp³-hybridized carbons (Fsp3) is 0.391. The zero-order chi connectivity index (χ0) is 22.4. The zero-order valence-electron chi connectivity index (χ0n) is 17.6. The minimum Gasteiger partial charge on any atom is -0.462 e. The summed E-state index contributed by atoms with van der Waals surface area (Å²) < 4.78 is 11.0. The van der Waals surface area contributed by atoms with E-state index in [1.807, 2.05) is 12.1 Å². The lowest BCUT2D eigenvalue weighted by Gasteiger charge is -2.34. The highest BCUT2D eigenvalue weighted by atomic mass is 16.6. The maximum absolute atomic E-state index is 12.2. The standard InChI is InChI=1S/C23H26N2O6/c1-16(25(28)29)23(31-17(2)26,20-9-10-21-19(15-20)11-13-24-21)12-6-14-30-22(27)18-7-4-3-5-8-18/h3-5,7-10,15-16,24H,6,11-14H2,1-2H3/t16-,23+/m1/s1. The lowest BCUT2D eigenvalue weighted by atomic mass is 9.82. The normalized spacial score (nSPS) is 15.2. The van der Waals surface area contributed by atoms with E-state index < -0.39 is 28.5 Å². The summed E-state index contributed by atoms with van der Waals surface area (Å²) in [5.41, 5.74) is 1.54. The highest BCUT2D eigenvalue weighted by Crippen LogP contribution is 2.39. The first-order valence-corrected chi connectivity index (χ1v) is 10.3. The highest BCUT2D eigenvalue weighted by Gasteiger charge is 2.48. The zero-order valence-corrected chi connectivity index (χ0v) is 17.6. The lowest BCUT2D eigenvalue weighted by Crippen LogP contribution is -2.46. The van der Waals surface area contributed by atoms with Crippen molar-refractivity contribution in [3.8, 4) is 0 Å². The van der Waals surface area contributed by atoms with Crippen LogP contribution in [0.3, 0.4) is 0 Å². The second kappa shape index (κ2) is 9.59. The van der Waals surface area contributed by atoms with Crippen molar-refractivity contribution in [2.45, 2.75) is 44.8 Å². The average Bonchev–Trinajstić information content (AvgIpc) is 3.23. The van der Waals surface area contributed by atoms with Gasteiger partial charge in [-0.1, -0.05) is 24.3 Å². The molecule has 2 aromatic carbocycles. The Balaban J connectivity index is 1.82. The molecule has 0 saturated heterocycles. The van der Waals surface area contributed by atoms with E-state index in [9.17, 15) is 19.7 Å². The molecule has 8 nitrogen and oxygen atoms in total. The van der Waals surface area contributed by atoms with Gasteiger partial charge in [0.15, 0.2) is 0 Å². The van der Waals surface area contributed by atoms with E-state index in [2.05, 4.69) is 5.32 Å². The highest BCUT2D eigenvalue weighted by molar-refractivity contribution is 5.89. The number of rotatable bonds is 9. The summed E-state index contributed by atoms with van der Waals surface area (Å²) in [6.45, 7) is 3.52. The van der Waals surface area contributed by atoms with Crippen molar-refractivity contribution in [1.82, 2.24) is 0 Å². The van der Waals surface area contributed by atoms with E-state index in [1.54, 1.807) is 36.4 Å². The van der Waals surface area contributed by atoms with Crippen molar-refractivity contribution < 1.29 is 24.0 Å². The van der Waals surface area contributed by atoms with E-state index in [-0.39, 0.29) is 13.0 Å². The first kappa shape index (κ1) is 22.3. The molecule has 8 heteroatoms. The van der Waals surface area contributed by atoms with Gasteiger partial charge in [-0.15, -0.1) is 0 Å². The van der Waals surface area contributed by atoms with E-state index in [4.69, 9.17) is 9.47 Å². The Morgan fingerprint density at radius 3 is 2.65 bits per heavy atom. The SMILES string of the molecule is CC(=O)O[C@](CCCOC(=O)c1ccccc1)(c1ccc2c(c1)CCN2)[C@@H](C)[N+](=O)[O-]. The number of fused-ring (bicyclic) bond motifs is 1. The van der Waals surface area contributed by atoms with Crippen molar-refractivity contribution in [3.63, 3.8) is 0 Å². The molecule has 0 unspecified atom stereocenters. The number of anilines is 1. The van der Waals surface area contributed by atoms with Gasteiger partial charge in [0, 0.05) is 43.0 Å². The molecule has 2 aromatic rings. The average molecular weight is 426 g/mol. The van der Waals surface area contributed by atoms with Crippen molar-refractivity contribution in [1.29, 1.82) is 0 Å². The summed E-state index contributed by atoms with van der Waals surface area (Å²) in [7, 11) is 0. The molecule has 1 N–H and O–H groups in total. The van der Waals surface area contributed by atoms with Gasteiger partial charge in [-0.3, -0.25) is 14.9 Å². The van der Waals surface area contributed by atoms with E-state index >= 15 is 0 Å². The van der Waals surface area contributed by atoms with Crippen LogP contribution in [0, 0.1) is 10.1 Å². The molecule has 31 heavy (non-hydrogen) atoms. The van der Waals surface area contributed by atoms with Crippen molar-refractivity contribution >= 4 is 17.6 Å². The van der Waals surface area contributed by atoms with E-state index in [0.29, 0.717) is 17.5 Å². The number of ether oxygens (including phenoxy) is 2. The topological polar surface area (TPSA) is 108 Å². The number of benzene rings is 2. The van der Waals surface area contributed by atoms with Crippen LogP contribution in [0.2, 0.25) is 0 Å². The summed E-state index contributed by atoms with van der Waals surface area (Å²) >= 11 is 0. The molecular weight excluding hydrogens is 400 g/mol. The predicted molar refractivity (Wildman–Crippen MR) is 114 cm³/mol. The maximum atomic E-state index is 12.2. The van der Waals surface area contributed by atoms with Gasteiger partial charge in [0.25, 0.3) is 6.04 Å². The number of hydrogen-bond donors (Lipinski definition) is 1. The van der Waals surface area contributed by atoms with Gasteiger partial charge in [-0.2, -0.15) is 0 Å². The van der Waals surface area contributed by atoms with Crippen LogP contribution in [-0.2, 0) is 26.3 Å². The molecule has 0 saturated carbocycles. The predicted octanol–water partition coefficient (Wildman–Crippen LogP) is 3.72. The molecule has 0 bridgehead atoms. The quantitative estimate of drug-likeness (QED) is 0.282. The molecule has 0 amide bonds. The Bertz CT molecular complexity index is 962. The van der Waals surface area contributed by atoms with Gasteiger partial charge >= 0.3 is 11.9 Å². The van der Waals surface area contributed by atoms with Crippen LogP contribution in [-0.4, -0.2) is 36.1 Å². The Labute approximate surface area is 180 Å². The van der Waals surface area contributed by atoms with Crippen LogP contribution >= 0.6 is 0 Å². The molecule has 0 aliphatic carbocycles. The molecule has 1 heterocycles. The summed E-state index contributed by atoms with van der Waals surface area (Å²) in [6, 6.07) is 12.9. The smallest absolute Gasteiger partial charge is 0.338 e. The van der Waals surface area contributed by atoms with Gasteiger partial charge < -0.3 is 14.8 Å². The van der Waals surface area contributed by atoms with Gasteiger partial charge in [-0.05, 0) is 42.7 Å². The summed E-state index contributed by atoms with van der Waals surface area (Å²) in [4.78, 5) is 35.5. The molecule has 0 spiro atoms. The number of esters is 2. The summed E-state index contributed by atoms with van der Waals surface area (Å²) in [6.07, 6.45) is 1.23. The van der Waals surface area contributed by atoms with Gasteiger partial charge in [0.05, 0.1) is 12.2 Å². The molecular formula is C23H26N2O6. The molecule has 0 aromatic heterocycles. The Hall–Kier alpha value is -3.42. The van der Waals surface area contributed by atoms with E-state index in [0.717, 1.165) is 24.2 Å². The maximum Gasteiger partial charge on any atom is 0.338 e. The van der Waals surface area contributed by atoms with Crippen LogP contribution in [0.1, 0.15) is 48.2 Å². The van der Waals surface area contributed by atoms with Crippen LogP contribution < -0.4 is 5.32 Å². The monoisotopic (exact) mass is 426 g/mol. The minimum atomic E-state index is -1.47. The number of nitrogens with one attached hydrogen (secondary N) is 1. The number of carbonyl (C=O) groups excluding carboxylic acids is 2. The lowest BCUT2D eigenvalue weighted by molar-refractivity contribution is -0.543. The van der Waals surface area contributed by atoms with Gasteiger partial charge in [0.1, 0.15) is 0 Å². The van der Waals surface area contributed by atoms with Gasteiger partial charge in [-0.25, -0.2) is 4.79 Å². The van der Waals surface area contributed by atoms with Gasteiger partial charge in [0.2, 0.25) is 5.60 Å². The Morgan fingerprint density at radius 1 is 1.23 bits per heavy atom. The number of carbonyl (C=O) groups is 2. The molecule has 164 valence electrons. The van der Waals surface area contributed by atoms with Crippen LogP contribution in [0.25, 0.3) is 0 Å². The second-order valence-corrected chi connectivity index (χ2v) is 7.60. The third-order valence-corrected chi connectivity index (χ3v) is 5.56. The number of nitrogens with zero attached hydrogens (tertiary/aromatic N) is 1. The minimum absolute atomic E-state index is 0.0493. The van der Waals surface area contributed by atoms with E-state index in [1.165, 1.54) is 13.8 Å². The fourth-order valence-corrected chi connectivity index (χ4v) is 3.94. The number of nitro groups is 1. The number of hydrogen-bond acceptors (Lipinski definition) is 7. The van der Waals surface area contributed by atoms with Crippen LogP contribution in [0.4, 0.5) is 5.69 Å². The third kappa shape index (κ3) is 5.02. The Morgan fingerprint density at radius 2 is 1.97 bits per heavy atom. The molecule has 0 radical (unpaired) electrons. The largest absolute Gasteiger partial charge is 0.462 e. The second-order valence-electron chi connectivity index (χ2n) is 7.60. The molecule has 1 aliphatic rings. The fourth-order valence-electron chi connectivity index (χ4n) is 3.94. The van der Waals surface area contributed by atoms with Crippen LogP contribution in [0.15, 0.2) is 48.5 Å². The molecule has 3 rings (SSSR count). The molecule has 2 atom stereocenters. The first-order chi connectivity index (χ1) is 14.8. The molecule has 1 aliphatic heterocycles.